The molecule has 1 aromatic carbocycles. The molecule has 0 bridgehead atoms. The molecule has 0 amide bonds. The molecule has 1 aromatic heterocycles. The summed E-state index contributed by atoms with van der Waals surface area (Å²) in [6.45, 7) is 3.25. The first kappa shape index (κ1) is 11.9. The van der Waals surface area contributed by atoms with Gasteiger partial charge < -0.3 is 9.64 Å². The van der Waals surface area contributed by atoms with Gasteiger partial charge >= 0.3 is 0 Å². The standard InChI is InChI=1S/C14H14N4O/c15-9-11-2-3-13-12(8-11)14(17-10-16-13)18-4-1-6-19-7-5-18/h2-3,8,10H,1,4-7H2. The fraction of sp³-hybridized carbons (Fsp3) is 0.357. The van der Waals surface area contributed by atoms with Crippen LogP contribution in [0.1, 0.15) is 12.0 Å². The quantitative estimate of drug-likeness (QED) is 0.775. The summed E-state index contributed by atoms with van der Waals surface area (Å²) < 4.78 is 5.47. The molecule has 19 heavy (non-hydrogen) atoms. The number of benzene rings is 1. The summed E-state index contributed by atoms with van der Waals surface area (Å²) >= 11 is 0. The highest BCUT2D eigenvalue weighted by Crippen LogP contribution is 2.24. The van der Waals surface area contributed by atoms with Crippen LogP contribution >= 0.6 is 0 Å². The summed E-state index contributed by atoms with van der Waals surface area (Å²) in [5, 5.41) is 9.95. The minimum atomic E-state index is 0.634. The van der Waals surface area contributed by atoms with Gasteiger partial charge in [-0.2, -0.15) is 5.26 Å². The van der Waals surface area contributed by atoms with Crippen molar-refractivity contribution in [3.05, 3.63) is 30.1 Å². The van der Waals surface area contributed by atoms with Crippen LogP contribution in [0.25, 0.3) is 10.9 Å². The molecular weight excluding hydrogens is 240 g/mol. The van der Waals surface area contributed by atoms with Gasteiger partial charge in [-0.25, -0.2) is 9.97 Å². The van der Waals surface area contributed by atoms with Crippen molar-refractivity contribution in [1.29, 1.82) is 5.26 Å². The summed E-state index contributed by atoms with van der Waals surface area (Å²) in [6.07, 6.45) is 2.57. The summed E-state index contributed by atoms with van der Waals surface area (Å²) in [6, 6.07) is 7.67. The number of anilines is 1. The van der Waals surface area contributed by atoms with Crippen molar-refractivity contribution < 1.29 is 4.74 Å². The van der Waals surface area contributed by atoms with Crippen molar-refractivity contribution in [3.63, 3.8) is 0 Å². The molecule has 0 spiro atoms. The van der Waals surface area contributed by atoms with Gasteiger partial charge in [0.2, 0.25) is 0 Å². The van der Waals surface area contributed by atoms with E-state index in [-0.39, 0.29) is 0 Å². The van der Waals surface area contributed by atoms with Crippen molar-refractivity contribution in [2.45, 2.75) is 6.42 Å². The van der Waals surface area contributed by atoms with Gasteiger partial charge in [-0.15, -0.1) is 0 Å². The molecule has 5 nitrogen and oxygen atoms in total. The van der Waals surface area contributed by atoms with E-state index in [4.69, 9.17) is 10.00 Å². The Morgan fingerprint density at radius 3 is 3.05 bits per heavy atom. The van der Waals surface area contributed by atoms with Crippen molar-refractivity contribution in [2.75, 3.05) is 31.2 Å². The van der Waals surface area contributed by atoms with E-state index in [1.807, 2.05) is 12.1 Å². The summed E-state index contributed by atoms with van der Waals surface area (Å²) in [5.41, 5.74) is 1.50. The van der Waals surface area contributed by atoms with E-state index in [1.165, 1.54) is 0 Å². The number of rotatable bonds is 1. The smallest absolute Gasteiger partial charge is 0.140 e. The van der Waals surface area contributed by atoms with Gasteiger partial charge in [0.25, 0.3) is 0 Å². The summed E-state index contributed by atoms with van der Waals surface area (Å²) in [7, 11) is 0. The van der Waals surface area contributed by atoms with Gasteiger partial charge in [0.15, 0.2) is 0 Å². The predicted octanol–water partition coefficient (Wildman–Crippen LogP) is 1.73. The minimum absolute atomic E-state index is 0.634. The molecule has 1 fully saturated rings. The van der Waals surface area contributed by atoms with Crippen LogP contribution in [0, 0.1) is 11.3 Å². The fourth-order valence-corrected chi connectivity index (χ4v) is 2.32. The van der Waals surface area contributed by atoms with Crippen LogP contribution in [-0.2, 0) is 4.74 Å². The highest BCUT2D eigenvalue weighted by atomic mass is 16.5. The predicted molar refractivity (Wildman–Crippen MR) is 71.9 cm³/mol. The maximum Gasteiger partial charge on any atom is 0.140 e. The first-order valence-electron chi connectivity index (χ1n) is 6.36. The number of hydrogen-bond donors (Lipinski definition) is 0. The van der Waals surface area contributed by atoms with Crippen LogP contribution < -0.4 is 4.90 Å². The van der Waals surface area contributed by atoms with Crippen molar-refractivity contribution >= 4 is 16.7 Å². The highest BCUT2D eigenvalue weighted by Gasteiger charge is 2.14. The zero-order chi connectivity index (χ0) is 13.1. The minimum Gasteiger partial charge on any atom is -0.380 e. The number of ether oxygens (including phenoxy) is 1. The lowest BCUT2D eigenvalue weighted by Gasteiger charge is -2.21. The van der Waals surface area contributed by atoms with Gasteiger partial charge in [-0.05, 0) is 24.6 Å². The average Bonchev–Trinajstić information content (AvgIpc) is 2.75. The molecule has 0 radical (unpaired) electrons. The second kappa shape index (κ2) is 5.21. The molecule has 0 unspecified atom stereocenters. The largest absolute Gasteiger partial charge is 0.380 e. The average molecular weight is 254 g/mol. The van der Waals surface area contributed by atoms with Crippen LogP contribution in [0.5, 0.6) is 0 Å². The summed E-state index contributed by atoms with van der Waals surface area (Å²) in [4.78, 5) is 10.9. The van der Waals surface area contributed by atoms with Gasteiger partial charge in [-0.1, -0.05) is 0 Å². The SMILES string of the molecule is N#Cc1ccc2ncnc(N3CCCOCC3)c2c1. The first-order valence-corrected chi connectivity index (χ1v) is 6.36. The van der Waals surface area contributed by atoms with Crippen molar-refractivity contribution in [2.24, 2.45) is 0 Å². The van der Waals surface area contributed by atoms with Crippen molar-refractivity contribution in [1.82, 2.24) is 9.97 Å². The highest BCUT2D eigenvalue weighted by molar-refractivity contribution is 5.90. The fourth-order valence-electron chi connectivity index (χ4n) is 2.32. The van der Waals surface area contributed by atoms with Crippen LogP contribution in [0.3, 0.4) is 0 Å². The maximum atomic E-state index is 9.02. The number of aromatic nitrogens is 2. The molecule has 96 valence electrons. The summed E-state index contributed by atoms with van der Waals surface area (Å²) in [5.74, 6) is 0.896. The Hall–Kier alpha value is -2.19. The first-order chi connectivity index (χ1) is 9.38. The topological polar surface area (TPSA) is 62.0 Å². The zero-order valence-corrected chi connectivity index (χ0v) is 10.5. The van der Waals surface area contributed by atoms with Gasteiger partial charge in [0.05, 0.1) is 23.8 Å². The molecule has 2 heterocycles. The Labute approximate surface area is 111 Å². The molecule has 0 atom stereocenters. The second-order valence-electron chi connectivity index (χ2n) is 4.49. The lowest BCUT2D eigenvalue weighted by molar-refractivity contribution is 0.152. The molecule has 2 aromatic rings. The van der Waals surface area contributed by atoms with Gasteiger partial charge in [0.1, 0.15) is 12.1 Å². The van der Waals surface area contributed by atoms with Gasteiger partial charge in [0, 0.05) is 25.1 Å². The molecule has 1 aliphatic heterocycles. The third-order valence-corrected chi connectivity index (χ3v) is 3.27. The van der Waals surface area contributed by atoms with Crippen LogP contribution in [0.15, 0.2) is 24.5 Å². The molecule has 5 heteroatoms. The van der Waals surface area contributed by atoms with Crippen LogP contribution in [0.2, 0.25) is 0 Å². The molecule has 0 N–H and O–H groups in total. The van der Waals surface area contributed by atoms with E-state index >= 15 is 0 Å². The van der Waals surface area contributed by atoms with E-state index in [0.717, 1.165) is 42.8 Å². The number of hydrogen-bond acceptors (Lipinski definition) is 5. The number of fused-ring (bicyclic) bond motifs is 1. The monoisotopic (exact) mass is 254 g/mol. The van der Waals surface area contributed by atoms with E-state index in [9.17, 15) is 0 Å². The normalized spacial score (nSPS) is 16.1. The molecule has 3 rings (SSSR count). The van der Waals surface area contributed by atoms with Crippen LogP contribution in [0.4, 0.5) is 5.82 Å². The third-order valence-electron chi connectivity index (χ3n) is 3.27. The van der Waals surface area contributed by atoms with Crippen molar-refractivity contribution in [3.8, 4) is 6.07 Å². The van der Waals surface area contributed by atoms with E-state index < -0.39 is 0 Å². The maximum absolute atomic E-state index is 9.02. The Kier molecular flexibility index (Phi) is 3.25. The molecular formula is C14H14N4O. The lowest BCUT2D eigenvalue weighted by atomic mass is 10.1. The molecule has 1 aliphatic rings. The van der Waals surface area contributed by atoms with E-state index in [0.29, 0.717) is 12.2 Å². The number of nitrogens with zero attached hydrogens (tertiary/aromatic N) is 4. The Morgan fingerprint density at radius 2 is 2.16 bits per heavy atom. The van der Waals surface area contributed by atoms with Crippen LogP contribution in [-0.4, -0.2) is 36.3 Å². The second-order valence-corrected chi connectivity index (χ2v) is 4.49. The van der Waals surface area contributed by atoms with Gasteiger partial charge in [-0.3, -0.25) is 0 Å². The molecule has 0 saturated carbocycles. The van der Waals surface area contributed by atoms with E-state index in [2.05, 4.69) is 20.9 Å². The molecule has 1 saturated heterocycles. The lowest BCUT2D eigenvalue weighted by Crippen LogP contribution is -2.27. The molecule has 0 aliphatic carbocycles. The Morgan fingerprint density at radius 1 is 1.21 bits per heavy atom. The Balaban J connectivity index is 2.08. The van der Waals surface area contributed by atoms with E-state index in [1.54, 1.807) is 12.4 Å². The number of nitriles is 1. The third kappa shape index (κ3) is 2.35. The zero-order valence-electron chi connectivity index (χ0n) is 10.5. The Bertz CT molecular complexity index is 627.